The van der Waals surface area contributed by atoms with Gasteiger partial charge in [0.25, 0.3) is 0 Å². The molecule has 11 fully saturated rings. The largest absolute Gasteiger partial charge is 0.330 e. The predicted octanol–water partition coefficient (Wildman–Crippen LogP) is 0.655. The molecule has 440 valence electrons. The van der Waals surface area contributed by atoms with Crippen molar-refractivity contribution in [2.24, 2.45) is 40.2 Å². The van der Waals surface area contributed by atoms with Crippen molar-refractivity contribution < 1.29 is 8.97 Å². The fraction of sp³-hybridized carbons (Fsp3) is 1.00. The van der Waals surface area contributed by atoms with Crippen molar-refractivity contribution >= 4 is 0 Å². The number of likely N-dealkylation sites (N-methyl/N-ethyl adjacent to an activating group) is 8. The number of fused-ring (bicyclic) bond motifs is 1. The summed E-state index contributed by atoms with van der Waals surface area (Å²) in [5.74, 6) is 1.72. The molecule has 17 heteroatoms. The zero-order valence-electron chi connectivity index (χ0n) is 51.6. The van der Waals surface area contributed by atoms with E-state index in [4.69, 9.17) is 22.9 Å². The number of piperidine rings is 2. The van der Waals surface area contributed by atoms with Crippen molar-refractivity contribution in [2.45, 2.75) is 127 Å². The van der Waals surface area contributed by atoms with E-state index in [9.17, 15) is 0 Å². The van der Waals surface area contributed by atoms with Crippen molar-refractivity contribution in [1.29, 1.82) is 0 Å². The molecule has 8 atom stereocenters. The Kier molecular flexibility index (Phi) is 30.9. The maximum absolute atomic E-state index is 6.04. The number of likely N-dealkylation sites (tertiary alicyclic amines) is 4. The summed E-state index contributed by atoms with van der Waals surface area (Å²) in [5.41, 5.74) is 23.6. The van der Waals surface area contributed by atoms with Gasteiger partial charge in [-0.1, -0.05) is 0 Å². The number of piperazine rings is 4. The van der Waals surface area contributed by atoms with Gasteiger partial charge in [-0.3, -0.25) is 0 Å². The van der Waals surface area contributed by atoms with Gasteiger partial charge in [-0.15, -0.1) is 0 Å². The van der Waals surface area contributed by atoms with E-state index in [1.54, 1.807) is 0 Å². The van der Waals surface area contributed by atoms with E-state index in [1.807, 2.05) is 0 Å². The van der Waals surface area contributed by atoms with Crippen molar-refractivity contribution in [3.63, 3.8) is 0 Å². The number of hydrogen-bond donors (Lipinski definition) is 8. The number of hydrogen-bond acceptors (Lipinski definition) is 15. The second kappa shape index (κ2) is 33.8. The molecule has 0 aromatic heterocycles. The minimum Gasteiger partial charge on any atom is -0.330 e. The average molecular weight is 1050 g/mol. The summed E-state index contributed by atoms with van der Waals surface area (Å²) >= 11 is 0. The van der Waals surface area contributed by atoms with E-state index >= 15 is 0 Å². The molecule has 0 radical (unpaired) electrons. The first-order chi connectivity index (χ1) is 34.7. The van der Waals surface area contributed by atoms with Gasteiger partial charge in [-0.25, -0.2) is 0 Å². The van der Waals surface area contributed by atoms with Crippen LogP contribution in [0.2, 0.25) is 0 Å². The Hall–Kier alpha value is -0.680. The molecule has 12 N–H and O–H groups in total. The minimum absolute atomic E-state index is 0.250. The zero-order chi connectivity index (χ0) is 55.1. The van der Waals surface area contributed by atoms with Gasteiger partial charge in [-0.05, 0) is 160 Å². The van der Waals surface area contributed by atoms with Crippen LogP contribution in [-0.4, -0.2) is 313 Å². The van der Waals surface area contributed by atoms with Gasteiger partial charge in [-0.2, -0.15) is 0 Å². The molecule has 0 aromatic rings. The predicted molar refractivity (Wildman–Crippen MR) is 319 cm³/mol. The number of rotatable bonds is 1. The molecule has 0 bridgehead atoms. The Labute approximate surface area is 458 Å². The van der Waals surface area contributed by atoms with Gasteiger partial charge in [0.2, 0.25) is 0 Å². The lowest BCUT2D eigenvalue weighted by molar-refractivity contribution is -0.880. The van der Waals surface area contributed by atoms with Crippen LogP contribution in [0, 0.1) is 17.3 Å². The van der Waals surface area contributed by atoms with Crippen LogP contribution in [0.15, 0.2) is 0 Å². The van der Waals surface area contributed by atoms with Gasteiger partial charge in [0, 0.05) is 146 Å². The van der Waals surface area contributed by atoms with Crippen LogP contribution in [0.25, 0.3) is 0 Å². The van der Waals surface area contributed by atoms with Crippen LogP contribution < -0.4 is 44.2 Å². The van der Waals surface area contributed by atoms with Gasteiger partial charge < -0.3 is 87.5 Å². The molecular formula is C57H129N17+2. The standard InChI is InChI=1S/C8H17N2.C8H16N2.2C7H16N2.C6H14N2.C6H15N2.C6H14N2.C5H12N2.C4H9N/c1-10(2)5-7(9)8(6-10)3-4-8;1-10-5-7-3-2-4-9-8(7)6-10;1-6-4-9(3)5-7(2)8-6;1-9-4-2-3-7(5-8)6-9;1-7-3-5-8(2)6-4-7;1-8(2)4-3-6(7)5-8;1-6-5-8(2)4-3-7-6;1-7-4-2-6-3-5-7;1-4(5)2-3-4/h7H,3-6,9H2,1-2H3;7-9H,2-6H2,1H3;6-8H,4-5H2,1-3H3;7H,2-6,8H2,1H3;3-6H2,1-2H3;6H,3-5,7H2,1-2H3;6-7H,3-5H2,1-2H3;6H,2-5H2,1H3;2-3,5H2,1H3/q+1;;;;;+1;;;/t7-;;;;;;;;/m0......../s1. The lowest BCUT2D eigenvalue weighted by atomic mass is 9.94. The quantitative estimate of drug-likeness (QED) is 0.172. The summed E-state index contributed by atoms with van der Waals surface area (Å²) in [6, 6.07) is 3.79. The van der Waals surface area contributed by atoms with Gasteiger partial charge in [0.15, 0.2) is 0 Å². The molecule has 9 heterocycles. The molecule has 0 aromatic carbocycles. The first-order valence-corrected chi connectivity index (χ1v) is 30.1. The Morgan fingerprint density at radius 3 is 1.39 bits per heavy atom. The van der Waals surface area contributed by atoms with Crippen LogP contribution in [-0.2, 0) is 0 Å². The molecule has 9 aliphatic heterocycles. The Bertz CT molecular complexity index is 1370. The highest BCUT2D eigenvalue weighted by Gasteiger charge is 2.58. The number of nitrogens with zero attached hydrogens (tertiary/aromatic N) is 9. The lowest BCUT2D eigenvalue weighted by Crippen LogP contribution is -2.52. The molecule has 11 aliphatic rings. The number of nitrogens with two attached hydrogens (primary N) is 4. The Morgan fingerprint density at radius 1 is 0.527 bits per heavy atom. The van der Waals surface area contributed by atoms with Gasteiger partial charge in [0.05, 0.1) is 66.5 Å². The second-order valence-corrected chi connectivity index (χ2v) is 27.4. The van der Waals surface area contributed by atoms with E-state index in [0.29, 0.717) is 35.6 Å². The highest BCUT2D eigenvalue weighted by molar-refractivity contribution is 5.04. The van der Waals surface area contributed by atoms with Gasteiger partial charge >= 0.3 is 0 Å². The van der Waals surface area contributed by atoms with Crippen LogP contribution in [0.4, 0.5) is 0 Å². The summed E-state index contributed by atoms with van der Waals surface area (Å²) in [7, 11) is 24.3. The molecule has 2 saturated carbocycles. The molecule has 1 spiro atoms. The molecule has 74 heavy (non-hydrogen) atoms. The average Bonchev–Trinajstić information content (AvgIpc) is 4.14. The first kappa shape index (κ1) is 67.6. The topological polar surface area (TPSA) is 175 Å². The van der Waals surface area contributed by atoms with E-state index in [2.05, 4.69) is 161 Å². The fourth-order valence-electron chi connectivity index (χ4n) is 12.1. The second-order valence-electron chi connectivity index (χ2n) is 27.4. The molecule has 2 aliphatic carbocycles. The third-order valence-electron chi connectivity index (χ3n) is 17.2. The summed E-state index contributed by atoms with van der Waals surface area (Å²) in [6.07, 6.45) is 11.9. The van der Waals surface area contributed by atoms with Crippen LogP contribution in [0.5, 0.6) is 0 Å². The minimum atomic E-state index is 0.250. The van der Waals surface area contributed by atoms with Crippen molar-refractivity contribution in [3.8, 4) is 0 Å². The van der Waals surface area contributed by atoms with E-state index < -0.39 is 0 Å². The molecule has 9 saturated heterocycles. The van der Waals surface area contributed by atoms with Crippen LogP contribution >= 0.6 is 0 Å². The van der Waals surface area contributed by atoms with Crippen molar-refractivity contribution in [2.75, 3.05) is 228 Å². The molecule has 11 rings (SSSR count). The third kappa shape index (κ3) is 30.1. The summed E-state index contributed by atoms with van der Waals surface area (Å²) in [4.78, 5) is 16.6. The summed E-state index contributed by atoms with van der Waals surface area (Å²) < 4.78 is 2.25. The third-order valence-corrected chi connectivity index (χ3v) is 17.2. The monoisotopic (exact) mass is 1050 g/mol. The van der Waals surface area contributed by atoms with Crippen molar-refractivity contribution in [3.05, 3.63) is 0 Å². The van der Waals surface area contributed by atoms with Gasteiger partial charge in [0.1, 0.15) is 0 Å². The van der Waals surface area contributed by atoms with E-state index in [0.717, 1.165) is 59.6 Å². The molecular weight excluding hydrogens is 923 g/mol. The van der Waals surface area contributed by atoms with Crippen LogP contribution in [0.1, 0.15) is 85.5 Å². The van der Waals surface area contributed by atoms with E-state index in [1.165, 1.54) is 176 Å². The lowest BCUT2D eigenvalue weighted by Gasteiger charge is -2.33. The summed E-state index contributed by atoms with van der Waals surface area (Å²) in [6.45, 7) is 36.4. The fourth-order valence-corrected chi connectivity index (χ4v) is 12.1. The zero-order valence-corrected chi connectivity index (χ0v) is 51.6. The number of nitrogens with one attached hydrogen (secondary N) is 4. The molecule has 0 amide bonds. The van der Waals surface area contributed by atoms with E-state index in [-0.39, 0.29) is 5.54 Å². The SMILES string of the molecule is CC1(N)CC1.CC1CN(C)CC(C)N1.CC1CN(C)CCN1.CN1CC2CCCNC2C1.CN1CCCC(CN)C1.CN1CCN(C)CC1.CN1CCNCC1.C[N+]1(C)CCC(N)C1.C[N+]1(C)C[C@H](N)C2(CC2)C1. The summed E-state index contributed by atoms with van der Waals surface area (Å²) in [5, 5.41) is 13.7. The maximum Gasteiger partial charge on any atom is 0.0944 e. The smallest absolute Gasteiger partial charge is 0.0944 e. The maximum atomic E-state index is 6.04. The highest BCUT2D eigenvalue weighted by Crippen LogP contribution is 2.53. The molecule has 17 nitrogen and oxygen atoms in total. The highest BCUT2D eigenvalue weighted by atomic mass is 15.4. The Balaban J connectivity index is 0.000000221. The normalized spacial score (nSPS) is 34.3. The Morgan fingerprint density at radius 2 is 1.05 bits per heavy atom. The van der Waals surface area contributed by atoms with Crippen LogP contribution in [0.3, 0.4) is 0 Å². The molecule has 7 unspecified atom stereocenters. The first-order valence-electron chi connectivity index (χ1n) is 30.1. The van der Waals surface area contributed by atoms with Crippen molar-refractivity contribution in [1.82, 2.24) is 55.6 Å². The number of quaternary nitrogens is 2.